The molecule has 2 aromatic carbocycles. The third-order valence-electron chi connectivity index (χ3n) is 3.11. The molecule has 0 bridgehead atoms. The largest absolute Gasteiger partial charge is 0.457 e. The zero-order valence-electron chi connectivity index (χ0n) is 10.9. The van der Waals surface area contributed by atoms with Gasteiger partial charge in [0.05, 0.1) is 0 Å². The molecule has 0 atom stereocenters. The van der Waals surface area contributed by atoms with E-state index in [0.29, 0.717) is 6.54 Å². The summed E-state index contributed by atoms with van der Waals surface area (Å²) in [5, 5.41) is 0. The number of rotatable bonds is 4. The number of nitrogens with two attached hydrogens (primary N) is 1. The summed E-state index contributed by atoms with van der Waals surface area (Å²) >= 11 is 0. The number of hydrogen-bond acceptors (Lipinski definition) is 2. The van der Waals surface area contributed by atoms with Crippen molar-refractivity contribution in [3.05, 3.63) is 59.2 Å². The summed E-state index contributed by atoms with van der Waals surface area (Å²) < 4.78 is 5.94. The minimum Gasteiger partial charge on any atom is -0.457 e. The molecule has 2 aromatic rings. The summed E-state index contributed by atoms with van der Waals surface area (Å²) in [4.78, 5) is 0. The maximum Gasteiger partial charge on any atom is 0.130 e. The van der Waals surface area contributed by atoms with Crippen LogP contribution >= 0.6 is 0 Å². The minimum atomic E-state index is 0.660. The van der Waals surface area contributed by atoms with Gasteiger partial charge < -0.3 is 10.5 Å². The van der Waals surface area contributed by atoms with Crippen LogP contribution in [0.4, 0.5) is 0 Å². The predicted molar refractivity (Wildman–Crippen MR) is 75.2 cm³/mol. The van der Waals surface area contributed by atoms with Crippen LogP contribution in [-0.2, 0) is 6.42 Å². The van der Waals surface area contributed by atoms with Gasteiger partial charge in [0.2, 0.25) is 0 Å². The van der Waals surface area contributed by atoms with Crippen LogP contribution in [0.1, 0.15) is 16.7 Å². The van der Waals surface area contributed by atoms with Gasteiger partial charge in [-0.1, -0.05) is 24.3 Å². The molecule has 0 saturated carbocycles. The number of aryl methyl sites for hydroxylation is 1. The second kappa shape index (κ2) is 5.69. The van der Waals surface area contributed by atoms with Crippen LogP contribution in [0.25, 0.3) is 0 Å². The Morgan fingerprint density at radius 3 is 2.61 bits per heavy atom. The number of hydrogen-bond donors (Lipinski definition) is 1. The van der Waals surface area contributed by atoms with Crippen molar-refractivity contribution in [1.29, 1.82) is 0 Å². The van der Waals surface area contributed by atoms with E-state index in [0.717, 1.165) is 17.9 Å². The van der Waals surface area contributed by atoms with Gasteiger partial charge in [-0.3, -0.25) is 0 Å². The third-order valence-corrected chi connectivity index (χ3v) is 3.11. The number of ether oxygens (including phenoxy) is 1. The molecule has 18 heavy (non-hydrogen) atoms. The molecule has 0 fully saturated rings. The van der Waals surface area contributed by atoms with Crippen LogP contribution in [0.2, 0.25) is 0 Å². The monoisotopic (exact) mass is 241 g/mol. The van der Waals surface area contributed by atoms with Crippen LogP contribution < -0.4 is 10.5 Å². The third kappa shape index (κ3) is 2.90. The average molecular weight is 241 g/mol. The molecule has 2 heteroatoms. The number of benzene rings is 2. The van der Waals surface area contributed by atoms with Crippen molar-refractivity contribution in [1.82, 2.24) is 0 Å². The molecular formula is C16H19NO. The van der Waals surface area contributed by atoms with Crippen molar-refractivity contribution in [2.24, 2.45) is 5.73 Å². The summed E-state index contributed by atoms with van der Waals surface area (Å²) in [6, 6.07) is 14.2. The second-order valence-corrected chi connectivity index (χ2v) is 4.49. The molecular weight excluding hydrogens is 222 g/mol. The Morgan fingerprint density at radius 2 is 1.83 bits per heavy atom. The van der Waals surface area contributed by atoms with Gasteiger partial charge in [-0.25, -0.2) is 0 Å². The average Bonchev–Trinajstić information content (AvgIpc) is 2.36. The second-order valence-electron chi connectivity index (χ2n) is 4.49. The van der Waals surface area contributed by atoms with Gasteiger partial charge in [0, 0.05) is 0 Å². The fourth-order valence-corrected chi connectivity index (χ4v) is 1.89. The van der Waals surface area contributed by atoms with Gasteiger partial charge in [-0.05, 0) is 61.7 Å². The van der Waals surface area contributed by atoms with Crippen LogP contribution in [-0.4, -0.2) is 6.54 Å². The molecule has 0 aliphatic rings. The first kappa shape index (κ1) is 12.7. The molecule has 2 nitrogen and oxygen atoms in total. The zero-order valence-corrected chi connectivity index (χ0v) is 10.9. The van der Waals surface area contributed by atoms with Gasteiger partial charge in [0.1, 0.15) is 11.5 Å². The normalized spacial score (nSPS) is 10.4. The highest BCUT2D eigenvalue weighted by Crippen LogP contribution is 2.27. The van der Waals surface area contributed by atoms with Crippen molar-refractivity contribution in [2.75, 3.05) is 6.54 Å². The molecule has 0 unspecified atom stereocenters. The Morgan fingerprint density at radius 1 is 1.06 bits per heavy atom. The fraction of sp³-hybridized carbons (Fsp3) is 0.250. The molecule has 0 radical (unpaired) electrons. The van der Waals surface area contributed by atoms with E-state index in [-0.39, 0.29) is 0 Å². The van der Waals surface area contributed by atoms with Gasteiger partial charge in [0.25, 0.3) is 0 Å². The molecule has 0 aliphatic carbocycles. The summed E-state index contributed by atoms with van der Waals surface area (Å²) in [6.07, 6.45) is 0.879. The Kier molecular flexibility index (Phi) is 4.00. The SMILES string of the molecule is Cc1cccc(Oc2cccc(CCN)c2)c1C. The topological polar surface area (TPSA) is 35.2 Å². The molecule has 0 heterocycles. The maximum atomic E-state index is 5.94. The lowest BCUT2D eigenvalue weighted by atomic mass is 10.1. The van der Waals surface area contributed by atoms with E-state index in [9.17, 15) is 0 Å². The Balaban J connectivity index is 2.23. The van der Waals surface area contributed by atoms with E-state index >= 15 is 0 Å². The predicted octanol–water partition coefficient (Wildman–Crippen LogP) is 3.60. The van der Waals surface area contributed by atoms with Crippen LogP contribution in [0.15, 0.2) is 42.5 Å². The highest BCUT2D eigenvalue weighted by Gasteiger charge is 2.03. The standard InChI is InChI=1S/C16H19NO/c1-12-5-3-8-16(13(12)2)18-15-7-4-6-14(11-15)9-10-17/h3-8,11H,9-10,17H2,1-2H3. The molecule has 2 N–H and O–H groups in total. The maximum absolute atomic E-state index is 5.94. The first-order valence-corrected chi connectivity index (χ1v) is 6.24. The summed E-state index contributed by atoms with van der Waals surface area (Å²) in [5.74, 6) is 1.79. The lowest BCUT2D eigenvalue weighted by Crippen LogP contribution is -2.02. The molecule has 0 aromatic heterocycles. The molecule has 2 rings (SSSR count). The zero-order chi connectivity index (χ0) is 13.0. The smallest absolute Gasteiger partial charge is 0.130 e. The van der Waals surface area contributed by atoms with Gasteiger partial charge in [0.15, 0.2) is 0 Å². The lowest BCUT2D eigenvalue weighted by Gasteiger charge is -2.11. The van der Waals surface area contributed by atoms with E-state index in [1.807, 2.05) is 24.3 Å². The fourth-order valence-electron chi connectivity index (χ4n) is 1.89. The van der Waals surface area contributed by atoms with Crippen molar-refractivity contribution >= 4 is 0 Å². The van der Waals surface area contributed by atoms with Crippen LogP contribution in [0.3, 0.4) is 0 Å². The van der Waals surface area contributed by atoms with E-state index in [1.54, 1.807) is 0 Å². The first-order chi connectivity index (χ1) is 8.70. The van der Waals surface area contributed by atoms with E-state index in [1.165, 1.54) is 16.7 Å². The summed E-state index contributed by atoms with van der Waals surface area (Å²) in [7, 11) is 0. The molecule has 94 valence electrons. The van der Waals surface area contributed by atoms with Gasteiger partial charge in [-0.2, -0.15) is 0 Å². The quantitative estimate of drug-likeness (QED) is 0.887. The Bertz CT molecular complexity index is 534. The van der Waals surface area contributed by atoms with Crippen molar-refractivity contribution in [3.8, 4) is 11.5 Å². The Labute approximate surface area is 108 Å². The van der Waals surface area contributed by atoms with Crippen LogP contribution in [0, 0.1) is 13.8 Å². The lowest BCUT2D eigenvalue weighted by molar-refractivity contribution is 0.477. The first-order valence-electron chi connectivity index (χ1n) is 6.24. The van der Waals surface area contributed by atoms with Gasteiger partial charge >= 0.3 is 0 Å². The van der Waals surface area contributed by atoms with Crippen molar-refractivity contribution in [3.63, 3.8) is 0 Å². The van der Waals surface area contributed by atoms with Crippen LogP contribution in [0.5, 0.6) is 11.5 Å². The molecule has 0 spiro atoms. The van der Waals surface area contributed by atoms with Crippen molar-refractivity contribution < 1.29 is 4.74 Å². The summed E-state index contributed by atoms with van der Waals surface area (Å²) in [5.41, 5.74) is 9.20. The van der Waals surface area contributed by atoms with Crippen molar-refractivity contribution in [2.45, 2.75) is 20.3 Å². The molecule has 0 amide bonds. The van der Waals surface area contributed by atoms with E-state index < -0.39 is 0 Å². The molecule has 0 aliphatic heterocycles. The highest BCUT2D eigenvalue weighted by molar-refractivity contribution is 5.42. The van der Waals surface area contributed by atoms with E-state index in [4.69, 9.17) is 10.5 Å². The Hall–Kier alpha value is -1.80. The van der Waals surface area contributed by atoms with Gasteiger partial charge in [-0.15, -0.1) is 0 Å². The summed E-state index contributed by atoms with van der Waals surface area (Å²) in [6.45, 7) is 4.83. The minimum absolute atomic E-state index is 0.660. The molecule has 0 saturated heterocycles. The highest BCUT2D eigenvalue weighted by atomic mass is 16.5. The van der Waals surface area contributed by atoms with E-state index in [2.05, 4.69) is 32.0 Å².